The molecular formula is C11H15FO. The Morgan fingerprint density at radius 1 is 1.38 bits per heavy atom. The van der Waals surface area contributed by atoms with Gasteiger partial charge in [-0.3, -0.25) is 0 Å². The lowest BCUT2D eigenvalue weighted by atomic mass is 10.2. The van der Waals surface area contributed by atoms with E-state index in [9.17, 15) is 4.39 Å². The fraction of sp³-hybridized carbons (Fsp3) is 0.455. The normalized spacial score (nSPS) is 10.5. The molecule has 0 unspecified atom stereocenters. The molecule has 0 saturated heterocycles. The topological polar surface area (TPSA) is 9.23 Å². The number of benzene rings is 1. The predicted octanol–water partition coefficient (Wildman–Crippen LogP) is 3.19. The molecule has 0 heterocycles. The van der Waals surface area contributed by atoms with E-state index in [1.807, 2.05) is 12.1 Å². The van der Waals surface area contributed by atoms with Crippen LogP contribution >= 0.6 is 0 Å². The highest BCUT2D eigenvalue weighted by molar-refractivity contribution is 5.27. The van der Waals surface area contributed by atoms with Gasteiger partial charge in [-0.15, -0.1) is 0 Å². The van der Waals surface area contributed by atoms with Crippen molar-refractivity contribution < 1.29 is 9.13 Å². The quantitative estimate of drug-likeness (QED) is 0.694. The van der Waals surface area contributed by atoms with Crippen molar-refractivity contribution in [2.24, 2.45) is 5.92 Å². The summed E-state index contributed by atoms with van der Waals surface area (Å²) in [6.45, 7) is 4.41. The van der Waals surface area contributed by atoms with Crippen molar-refractivity contribution in [3.63, 3.8) is 0 Å². The SMILES string of the molecule is CC(C)COc1cccc(CF)c1. The summed E-state index contributed by atoms with van der Waals surface area (Å²) in [6.07, 6.45) is 0. The van der Waals surface area contributed by atoms with Crippen molar-refractivity contribution in [2.45, 2.75) is 20.5 Å². The molecule has 72 valence electrons. The standard InChI is InChI=1S/C11H15FO/c1-9(2)8-13-11-5-3-4-10(6-11)7-12/h3-6,9H,7-8H2,1-2H3. The maximum atomic E-state index is 12.2. The van der Waals surface area contributed by atoms with Crippen LogP contribution in [0.15, 0.2) is 24.3 Å². The largest absolute Gasteiger partial charge is 0.493 e. The molecule has 1 nitrogen and oxygen atoms in total. The number of alkyl halides is 1. The second-order valence-electron chi connectivity index (χ2n) is 3.49. The molecule has 0 spiro atoms. The molecule has 1 aromatic carbocycles. The highest BCUT2D eigenvalue weighted by atomic mass is 19.1. The van der Waals surface area contributed by atoms with E-state index in [4.69, 9.17) is 4.74 Å². The number of hydrogen-bond donors (Lipinski definition) is 0. The van der Waals surface area contributed by atoms with E-state index in [0.717, 1.165) is 5.75 Å². The van der Waals surface area contributed by atoms with Gasteiger partial charge in [-0.2, -0.15) is 0 Å². The lowest BCUT2D eigenvalue weighted by molar-refractivity contribution is 0.270. The minimum atomic E-state index is -0.432. The Morgan fingerprint density at radius 3 is 2.77 bits per heavy atom. The lowest BCUT2D eigenvalue weighted by Gasteiger charge is -2.08. The predicted molar refractivity (Wildman–Crippen MR) is 51.6 cm³/mol. The highest BCUT2D eigenvalue weighted by Crippen LogP contribution is 2.14. The second kappa shape index (κ2) is 4.85. The molecule has 0 aliphatic rings. The van der Waals surface area contributed by atoms with Crippen LogP contribution in [0.2, 0.25) is 0 Å². The molecule has 0 bridgehead atoms. The van der Waals surface area contributed by atoms with Crippen molar-refractivity contribution >= 4 is 0 Å². The Balaban J connectivity index is 2.56. The van der Waals surface area contributed by atoms with Crippen molar-refractivity contribution in [3.8, 4) is 5.75 Å². The van der Waals surface area contributed by atoms with Gasteiger partial charge >= 0.3 is 0 Å². The van der Waals surface area contributed by atoms with Crippen LogP contribution in [-0.2, 0) is 6.67 Å². The first-order valence-corrected chi connectivity index (χ1v) is 4.50. The van der Waals surface area contributed by atoms with E-state index < -0.39 is 6.67 Å². The molecule has 0 fully saturated rings. The van der Waals surface area contributed by atoms with Gasteiger partial charge in [0.1, 0.15) is 12.4 Å². The monoisotopic (exact) mass is 182 g/mol. The maximum Gasteiger partial charge on any atom is 0.119 e. The average molecular weight is 182 g/mol. The zero-order chi connectivity index (χ0) is 9.68. The van der Waals surface area contributed by atoms with Crippen LogP contribution in [0.1, 0.15) is 19.4 Å². The van der Waals surface area contributed by atoms with Crippen LogP contribution in [-0.4, -0.2) is 6.61 Å². The molecule has 0 aliphatic carbocycles. The van der Waals surface area contributed by atoms with E-state index in [-0.39, 0.29) is 0 Å². The fourth-order valence-electron chi connectivity index (χ4n) is 0.981. The van der Waals surface area contributed by atoms with Gasteiger partial charge in [0.2, 0.25) is 0 Å². The minimum Gasteiger partial charge on any atom is -0.493 e. The molecule has 0 N–H and O–H groups in total. The molecule has 0 radical (unpaired) electrons. The van der Waals surface area contributed by atoms with Crippen molar-refractivity contribution in [1.29, 1.82) is 0 Å². The third-order valence-corrected chi connectivity index (χ3v) is 1.64. The Morgan fingerprint density at radius 2 is 2.15 bits per heavy atom. The molecule has 0 saturated carbocycles. The molecule has 1 aromatic rings. The van der Waals surface area contributed by atoms with Crippen molar-refractivity contribution in [2.75, 3.05) is 6.61 Å². The first kappa shape index (κ1) is 10.0. The van der Waals surface area contributed by atoms with Gasteiger partial charge in [0.05, 0.1) is 6.61 Å². The molecule has 1 rings (SSSR count). The smallest absolute Gasteiger partial charge is 0.119 e. The number of rotatable bonds is 4. The Labute approximate surface area is 78.5 Å². The van der Waals surface area contributed by atoms with Gasteiger partial charge < -0.3 is 4.74 Å². The summed E-state index contributed by atoms with van der Waals surface area (Å²) < 4.78 is 17.7. The van der Waals surface area contributed by atoms with Gasteiger partial charge in [-0.05, 0) is 23.6 Å². The van der Waals surface area contributed by atoms with Crippen LogP contribution in [0.25, 0.3) is 0 Å². The maximum absolute atomic E-state index is 12.2. The number of ether oxygens (including phenoxy) is 1. The van der Waals surface area contributed by atoms with E-state index in [1.54, 1.807) is 12.1 Å². The zero-order valence-electron chi connectivity index (χ0n) is 8.09. The molecule has 13 heavy (non-hydrogen) atoms. The lowest BCUT2D eigenvalue weighted by Crippen LogP contribution is -2.04. The summed E-state index contributed by atoms with van der Waals surface area (Å²) in [5.74, 6) is 1.25. The van der Waals surface area contributed by atoms with Crippen LogP contribution in [0, 0.1) is 5.92 Å². The van der Waals surface area contributed by atoms with E-state index in [1.165, 1.54) is 0 Å². The Hall–Kier alpha value is -1.05. The average Bonchev–Trinajstić information content (AvgIpc) is 2.15. The van der Waals surface area contributed by atoms with Crippen LogP contribution in [0.3, 0.4) is 0 Å². The van der Waals surface area contributed by atoms with E-state index >= 15 is 0 Å². The summed E-state index contributed by atoms with van der Waals surface area (Å²) in [6, 6.07) is 7.15. The third kappa shape index (κ3) is 3.45. The highest BCUT2D eigenvalue weighted by Gasteiger charge is 1.98. The van der Waals surface area contributed by atoms with Crippen LogP contribution in [0.4, 0.5) is 4.39 Å². The van der Waals surface area contributed by atoms with Crippen molar-refractivity contribution in [3.05, 3.63) is 29.8 Å². The third-order valence-electron chi connectivity index (χ3n) is 1.64. The van der Waals surface area contributed by atoms with Crippen LogP contribution < -0.4 is 4.74 Å². The first-order chi connectivity index (χ1) is 6.22. The van der Waals surface area contributed by atoms with E-state index in [0.29, 0.717) is 18.1 Å². The van der Waals surface area contributed by atoms with Gasteiger partial charge in [-0.25, -0.2) is 4.39 Å². The summed E-state index contributed by atoms with van der Waals surface area (Å²) in [5.41, 5.74) is 0.668. The molecule has 0 aliphatic heterocycles. The van der Waals surface area contributed by atoms with Crippen molar-refractivity contribution in [1.82, 2.24) is 0 Å². The minimum absolute atomic E-state index is 0.432. The van der Waals surface area contributed by atoms with Gasteiger partial charge in [0.15, 0.2) is 0 Å². The van der Waals surface area contributed by atoms with Gasteiger partial charge in [-0.1, -0.05) is 26.0 Å². The number of halogens is 1. The number of hydrogen-bond acceptors (Lipinski definition) is 1. The summed E-state index contributed by atoms with van der Waals surface area (Å²) in [4.78, 5) is 0. The summed E-state index contributed by atoms with van der Waals surface area (Å²) in [7, 11) is 0. The van der Waals surface area contributed by atoms with Gasteiger partial charge in [0, 0.05) is 0 Å². The molecular weight excluding hydrogens is 167 g/mol. The first-order valence-electron chi connectivity index (χ1n) is 4.50. The molecule has 0 atom stereocenters. The summed E-state index contributed by atoms with van der Waals surface area (Å²) in [5, 5.41) is 0. The summed E-state index contributed by atoms with van der Waals surface area (Å²) >= 11 is 0. The Kier molecular flexibility index (Phi) is 3.74. The molecule has 0 amide bonds. The molecule has 2 heteroatoms. The van der Waals surface area contributed by atoms with Gasteiger partial charge in [0.25, 0.3) is 0 Å². The Bertz CT molecular complexity index is 258. The second-order valence-corrected chi connectivity index (χ2v) is 3.49. The fourth-order valence-corrected chi connectivity index (χ4v) is 0.981. The zero-order valence-corrected chi connectivity index (χ0v) is 8.09. The van der Waals surface area contributed by atoms with E-state index in [2.05, 4.69) is 13.8 Å². The van der Waals surface area contributed by atoms with Crippen LogP contribution in [0.5, 0.6) is 5.75 Å². The molecule has 0 aromatic heterocycles.